The van der Waals surface area contributed by atoms with Gasteiger partial charge in [0.1, 0.15) is 0 Å². The van der Waals surface area contributed by atoms with Crippen molar-refractivity contribution in [2.24, 2.45) is 0 Å². The molecule has 0 bridgehead atoms. The normalized spacial score (nSPS) is 22.7. The maximum atomic E-state index is 11.5. The van der Waals surface area contributed by atoms with Crippen LogP contribution in [0.2, 0.25) is 0 Å². The van der Waals surface area contributed by atoms with Gasteiger partial charge in [-0.15, -0.1) is 0 Å². The van der Waals surface area contributed by atoms with E-state index in [9.17, 15) is 4.79 Å². The van der Waals surface area contributed by atoms with Crippen LogP contribution in [-0.4, -0.2) is 46.9 Å². The Balaban J connectivity index is 2.66. The lowest BCUT2D eigenvalue weighted by atomic mass is 9.77. The fraction of sp³-hybridized carbons (Fsp3) is 0.941. The molecule has 20 heavy (non-hydrogen) atoms. The van der Waals surface area contributed by atoms with Gasteiger partial charge in [0, 0.05) is 23.7 Å². The summed E-state index contributed by atoms with van der Waals surface area (Å²) in [5, 5.41) is 0. The van der Waals surface area contributed by atoms with Crippen LogP contribution in [0.4, 0.5) is 0 Å². The van der Waals surface area contributed by atoms with Gasteiger partial charge in [0.25, 0.3) is 0 Å². The first-order valence-corrected chi connectivity index (χ1v) is 8.19. The van der Waals surface area contributed by atoms with Crippen LogP contribution in [0, 0.1) is 0 Å². The average Bonchev–Trinajstić information content (AvgIpc) is 2.35. The average molecular weight is 282 g/mol. The Kier molecular flexibility index (Phi) is 6.06. The topological polar surface area (TPSA) is 23.6 Å². The zero-order chi connectivity index (χ0) is 15.4. The number of piperidine rings is 1. The fourth-order valence-electron chi connectivity index (χ4n) is 3.60. The summed E-state index contributed by atoms with van der Waals surface area (Å²) in [7, 11) is 2.21. The number of amides is 1. The zero-order valence-electron chi connectivity index (χ0n) is 14.4. The van der Waals surface area contributed by atoms with Gasteiger partial charge >= 0.3 is 0 Å². The number of likely N-dealkylation sites (tertiary alicyclic amines) is 1. The number of unbranched alkanes of at least 4 members (excludes halogenated alkanes) is 3. The van der Waals surface area contributed by atoms with Crippen molar-refractivity contribution in [3.8, 4) is 0 Å². The Morgan fingerprint density at radius 3 is 2.10 bits per heavy atom. The Labute approximate surface area is 125 Å². The molecule has 1 fully saturated rings. The second-order valence-electron chi connectivity index (χ2n) is 7.65. The molecule has 3 nitrogen and oxygen atoms in total. The van der Waals surface area contributed by atoms with Crippen LogP contribution in [-0.2, 0) is 4.79 Å². The molecule has 1 aliphatic heterocycles. The predicted octanol–water partition coefficient (Wildman–Crippen LogP) is 3.68. The van der Waals surface area contributed by atoms with Crippen molar-refractivity contribution in [1.29, 1.82) is 0 Å². The van der Waals surface area contributed by atoms with Gasteiger partial charge in [-0.25, -0.2) is 0 Å². The Morgan fingerprint density at radius 2 is 1.65 bits per heavy atom. The van der Waals surface area contributed by atoms with Crippen molar-refractivity contribution in [1.82, 2.24) is 9.80 Å². The van der Waals surface area contributed by atoms with E-state index < -0.39 is 0 Å². The lowest BCUT2D eigenvalue weighted by Crippen LogP contribution is -2.62. The van der Waals surface area contributed by atoms with E-state index in [1.807, 2.05) is 0 Å². The van der Waals surface area contributed by atoms with E-state index in [1.54, 1.807) is 0 Å². The number of rotatable bonds is 7. The van der Waals surface area contributed by atoms with E-state index in [0.717, 1.165) is 32.2 Å². The maximum absolute atomic E-state index is 11.5. The van der Waals surface area contributed by atoms with Crippen LogP contribution in [0.5, 0.6) is 0 Å². The molecular formula is C17H34N2O. The van der Waals surface area contributed by atoms with Crippen LogP contribution in [0.1, 0.15) is 73.1 Å². The monoisotopic (exact) mass is 282 g/mol. The summed E-state index contributed by atoms with van der Waals surface area (Å²) in [5.74, 6) is 0. The van der Waals surface area contributed by atoms with Crippen LogP contribution in [0.15, 0.2) is 0 Å². The third-order valence-corrected chi connectivity index (χ3v) is 5.16. The lowest BCUT2D eigenvalue weighted by Gasteiger charge is -2.55. The highest BCUT2D eigenvalue weighted by Crippen LogP contribution is 2.38. The van der Waals surface area contributed by atoms with Gasteiger partial charge in [0.15, 0.2) is 0 Å². The highest BCUT2D eigenvalue weighted by molar-refractivity contribution is 5.48. The quantitative estimate of drug-likeness (QED) is 0.525. The maximum Gasteiger partial charge on any atom is 0.209 e. The molecule has 1 rings (SSSR count). The first-order valence-electron chi connectivity index (χ1n) is 8.19. The third kappa shape index (κ3) is 4.21. The van der Waals surface area contributed by atoms with E-state index in [0.29, 0.717) is 6.04 Å². The van der Waals surface area contributed by atoms with Gasteiger partial charge in [-0.2, -0.15) is 0 Å². The van der Waals surface area contributed by atoms with Crippen LogP contribution >= 0.6 is 0 Å². The summed E-state index contributed by atoms with van der Waals surface area (Å²) in [6.45, 7) is 12.3. The molecule has 0 aromatic carbocycles. The zero-order valence-corrected chi connectivity index (χ0v) is 14.4. The van der Waals surface area contributed by atoms with Crippen LogP contribution in [0.25, 0.3) is 0 Å². The minimum absolute atomic E-state index is 0.150. The smallest absolute Gasteiger partial charge is 0.209 e. The number of carbonyl (C=O) groups excluding carboxylic acids is 1. The van der Waals surface area contributed by atoms with E-state index >= 15 is 0 Å². The van der Waals surface area contributed by atoms with Gasteiger partial charge in [-0.05, 0) is 54.0 Å². The van der Waals surface area contributed by atoms with Gasteiger partial charge in [0.05, 0.1) is 0 Å². The minimum atomic E-state index is 0.150. The molecule has 0 aliphatic carbocycles. The molecule has 0 aromatic rings. The summed E-state index contributed by atoms with van der Waals surface area (Å²) in [4.78, 5) is 16.0. The first-order chi connectivity index (χ1) is 9.24. The van der Waals surface area contributed by atoms with Crippen LogP contribution in [0.3, 0.4) is 0 Å². The molecule has 0 unspecified atom stereocenters. The minimum Gasteiger partial charge on any atom is -0.342 e. The molecule has 0 atom stereocenters. The van der Waals surface area contributed by atoms with Crippen molar-refractivity contribution in [2.75, 3.05) is 13.6 Å². The Bertz CT molecular complexity index is 294. The summed E-state index contributed by atoms with van der Waals surface area (Å²) >= 11 is 0. The van der Waals surface area contributed by atoms with Crippen molar-refractivity contribution >= 4 is 6.41 Å². The summed E-state index contributed by atoms with van der Waals surface area (Å²) in [6, 6.07) is 0.385. The number of hydrogen-bond acceptors (Lipinski definition) is 2. The molecule has 1 aliphatic rings. The molecular weight excluding hydrogens is 248 g/mol. The number of carbonyl (C=O) groups is 1. The SMILES string of the molecule is CCCCCCN(C=O)C1CC(C)(C)N(C)C(C)(C)C1. The largest absolute Gasteiger partial charge is 0.342 e. The third-order valence-electron chi connectivity index (χ3n) is 5.16. The van der Waals surface area contributed by atoms with E-state index in [1.165, 1.54) is 19.3 Å². The highest BCUT2D eigenvalue weighted by atomic mass is 16.1. The summed E-state index contributed by atoms with van der Waals surface area (Å²) in [6.07, 6.45) is 8.11. The van der Waals surface area contributed by atoms with Gasteiger partial charge < -0.3 is 4.90 Å². The highest BCUT2D eigenvalue weighted by Gasteiger charge is 2.44. The van der Waals surface area contributed by atoms with Crippen molar-refractivity contribution in [3.05, 3.63) is 0 Å². The summed E-state index contributed by atoms with van der Waals surface area (Å²) < 4.78 is 0. The standard InChI is InChI=1S/C17H34N2O/c1-7-8-9-10-11-19(14-20)15-12-16(2,3)18(6)17(4,5)13-15/h14-15H,7-13H2,1-6H3. The van der Waals surface area contributed by atoms with E-state index in [-0.39, 0.29) is 11.1 Å². The van der Waals surface area contributed by atoms with Gasteiger partial charge in [-0.1, -0.05) is 26.2 Å². The first kappa shape index (κ1) is 17.5. The molecule has 1 saturated heterocycles. The van der Waals surface area contributed by atoms with Crippen molar-refractivity contribution in [3.63, 3.8) is 0 Å². The van der Waals surface area contributed by atoms with Crippen LogP contribution < -0.4 is 0 Å². The molecule has 1 amide bonds. The number of hydrogen-bond donors (Lipinski definition) is 0. The predicted molar refractivity (Wildman–Crippen MR) is 85.9 cm³/mol. The molecule has 0 radical (unpaired) electrons. The van der Waals surface area contributed by atoms with E-state index in [2.05, 4.69) is 51.5 Å². The Morgan fingerprint density at radius 1 is 1.10 bits per heavy atom. The second kappa shape index (κ2) is 6.93. The number of nitrogens with zero attached hydrogens (tertiary/aromatic N) is 2. The molecule has 0 N–H and O–H groups in total. The Hall–Kier alpha value is -0.570. The fourth-order valence-corrected chi connectivity index (χ4v) is 3.60. The van der Waals surface area contributed by atoms with Gasteiger partial charge in [-0.3, -0.25) is 9.69 Å². The lowest BCUT2D eigenvalue weighted by molar-refractivity contribution is -0.125. The molecule has 118 valence electrons. The second-order valence-corrected chi connectivity index (χ2v) is 7.65. The molecule has 3 heteroatoms. The molecule has 1 heterocycles. The van der Waals surface area contributed by atoms with Crippen molar-refractivity contribution < 1.29 is 4.79 Å². The molecule has 0 saturated carbocycles. The molecule has 0 aromatic heterocycles. The molecule has 0 spiro atoms. The van der Waals surface area contributed by atoms with E-state index in [4.69, 9.17) is 0 Å². The summed E-state index contributed by atoms with van der Waals surface area (Å²) in [5.41, 5.74) is 0.300. The van der Waals surface area contributed by atoms with Gasteiger partial charge in [0.2, 0.25) is 6.41 Å². The van der Waals surface area contributed by atoms with Crippen molar-refractivity contribution in [2.45, 2.75) is 90.3 Å².